The highest BCUT2D eigenvalue weighted by Gasteiger charge is 2.10. The Morgan fingerprint density at radius 2 is 2.14 bits per heavy atom. The van der Waals surface area contributed by atoms with E-state index in [-0.39, 0.29) is 42.2 Å². The summed E-state index contributed by atoms with van der Waals surface area (Å²) in [4.78, 5) is 4.11. The number of ether oxygens (including phenoxy) is 2. The lowest BCUT2D eigenvalue weighted by Gasteiger charge is -2.11. The molecule has 0 aliphatic rings. The predicted octanol–water partition coefficient (Wildman–Crippen LogP) is 3.12. The van der Waals surface area contributed by atoms with Gasteiger partial charge in [0.25, 0.3) is 0 Å². The number of alkyl halides is 2. The van der Waals surface area contributed by atoms with Gasteiger partial charge in [0, 0.05) is 12.1 Å². The molecule has 0 aromatic heterocycles. The zero-order chi connectivity index (χ0) is 15.7. The summed E-state index contributed by atoms with van der Waals surface area (Å²) < 4.78 is 34.2. The molecule has 0 fully saturated rings. The molecule has 0 amide bonds. The fraction of sp³-hybridized carbons (Fsp3) is 0.500. The summed E-state index contributed by atoms with van der Waals surface area (Å²) in [5, 5.41) is 2.95. The number of nitrogens with zero attached hydrogens (tertiary/aromatic N) is 1. The second kappa shape index (κ2) is 11.3. The van der Waals surface area contributed by atoms with Gasteiger partial charge in [-0.25, -0.2) is 4.99 Å². The number of aliphatic imine (C=N–C) groups is 1. The summed E-state index contributed by atoms with van der Waals surface area (Å²) in [7, 11) is 1.50. The number of methoxy groups -OCH3 is 1. The normalized spacial score (nSPS) is 11.0. The van der Waals surface area contributed by atoms with Crippen LogP contribution >= 0.6 is 24.0 Å². The number of hydrogen-bond acceptors (Lipinski definition) is 3. The first-order valence-electron chi connectivity index (χ1n) is 6.72. The van der Waals surface area contributed by atoms with Crippen LogP contribution in [-0.2, 0) is 6.54 Å². The van der Waals surface area contributed by atoms with Crippen molar-refractivity contribution in [3.8, 4) is 11.5 Å². The molecule has 3 N–H and O–H groups in total. The summed E-state index contributed by atoms with van der Waals surface area (Å²) in [6, 6.07) is 4.57. The van der Waals surface area contributed by atoms with Crippen molar-refractivity contribution in [3.05, 3.63) is 23.8 Å². The van der Waals surface area contributed by atoms with Crippen molar-refractivity contribution in [2.75, 3.05) is 13.7 Å². The summed E-state index contributed by atoms with van der Waals surface area (Å²) in [5.41, 5.74) is 6.18. The fourth-order valence-corrected chi connectivity index (χ4v) is 1.64. The number of nitrogens with one attached hydrogen (secondary N) is 1. The lowest BCUT2D eigenvalue weighted by molar-refractivity contribution is -0.0504. The molecular weight excluding hydrogens is 407 g/mol. The van der Waals surface area contributed by atoms with Gasteiger partial charge in [-0.15, -0.1) is 24.0 Å². The van der Waals surface area contributed by atoms with E-state index < -0.39 is 6.61 Å². The highest BCUT2D eigenvalue weighted by atomic mass is 127. The van der Waals surface area contributed by atoms with E-state index in [1.807, 2.05) is 0 Å². The van der Waals surface area contributed by atoms with Gasteiger partial charge < -0.3 is 20.5 Å². The van der Waals surface area contributed by atoms with E-state index in [4.69, 9.17) is 10.5 Å². The lowest BCUT2D eigenvalue weighted by Crippen LogP contribution is -2.32. The summed E-state index contributed by atoms with van der Waals surface area (Å²) in [6.07, 6.45) is 2.03. The third-order valence-electron chi connectivity index (χ3n) is 2.74. The van der Waals surface area contributed by atoms with Crippen molar-refractivity contribution in [3.63, 3.8) is 0 Å². The molecule has 126 valence electrons. The number of rotatable bonds is 8. The average Bonchev–Trinajstić information content (AvgIpc) is 2.46. The van der Waals surface area contributed by atoms with Gasteiger partial charge in [-0.3, -0.25) is 0 Å². The van der Waals surface area contributed by atoms with Crippen LogP contribution in [0.25, 0.3) is 0 Å². The standard InChI is InChI=1S/C14H21F2N3O2.HI/c1-3-4-7-18-14(17)19-9-10-8-11(20-2)5-6-12(10)21-13(15)16;/h5-6,8,13H,3-4,7,9H2,1-2H3,(H3,17,18,19);1H. The second-order valence-corrected chi connectivity index (χ2v) is 4.33. The van der Waals surface area contributed by atoms with Crippen LogP contribution in [0.5, 0.6) is 11.5 Å². The van der Waals surface area contributed by atoms with Crippen molar-refractivity contribution < 1.29 is 18.3 Å². The zero-order valence-electron chi connectivity index (χ0n) is 12.6. The molecule has 0 bridgehead atoms. The Morgan fingerprint density at radius 1 is 1.41 bits per heavy atom. The average molecular weight is 429 g/mol. The molecule has 1 aromatic rings. The van der Waals surface area contributed by atoms with E-state index in [9.17, 15) is 8.78 Å². The monoisotopic (exact) mass is 429 g/mol. The molecule has 0 aliphatic carbocycles. The highest BCUT2D eigenvalue weighted by Crippen LogP contribution is 2.26. The SMILES string of the molecule is CCCCNC(N)=NCc1cc(OC)ccc1OC(F)F.I. The van der Waals surface area contributed by atoms with Gasteiger partial charge in [-0.2, -0.15) is 8.78 Å². The predicted molar refractivity (Wildman–Crippen MR) is 93.3 cm³/mol. The Kier molecular flexibility index (Phi) is 10.6. The first-order valence-corrected chi connectivity index (χ1v) is 6.72. The molecule has 8 heteroatoms. The Morgan fingerprint density at radius 3 is 2.73 bits per heavy atom. The Bertz CT molecular complexity index is 473. The molecule has 22 heavy (non-hydrogen) atoms. The maximum atomic E-state index is 12.4. The van der Waals surface area contributed by atoms with Crippen LogP contribution in [0.2, 0.25) is 0 Å². The van der Waals surface area contributed by atoms with Crippen molar-refractivity contribution >= 4 is 29.9 Å². The first kappa shape index (κ1) is 20.7. The minimum atomic E-state index is -2.89. The Labute approximate surface area is 146 Å². The van der Waals surface area contributed by atoms with E-state index in [0.717, 1.165) is 19.4 Å². The topological polar surface area (TPSA) is 68.9 Å². The van der Waals surface area contributed by atoms with E-state index in [0.29, 0.717) is 11.3 Å². The highest BCUT2D eigenvalue weighted by molar-refractivity contribution is 14.0. The van der Waals surface area contributed by atoms with Crippen molar-refractivity contribution in [1.82, 2.24) is 5.32 Å². The van der Waals surface area contributed by atoms with Crippen molar-refractivity contribution in [2.45, 2.75) is 32.9 Å². The largest absolute Gasteiger partial charge is 0.497 e. The maximum Gasteiger partial charge on any atom is 0.387 e. The summed E-state index contributed by atoms with van der Waals surface area (Å²) >= 11 is 0. The van der Waals surface area contributed by atoms with Gasteiger partial charge in [-0.1, -0.05) is 13.3 Å². The molecule has 0 unspecified atom stereocenters. The van der Waals surface area contributed by atoms with Crippen molar-refractivity contribution in [2.24, 2.45) is 10.7 Å². The fourth-order valence-electron chi connectivity index (χ4n) is 1.64. The number of unbranched alkanes of at least 4 members (excludes halogenated alkanes) is 1. The van der Waals surface area contributed by atoms with Gasteiger partial charge in [0.05, 0.1) is 13.7 Å². The molecule has 1 rings (SSSR count). The molecule has 1 aromatic carbocycles. The minimum Gasteiger partial charge on any atom is -0.497 e. The molecule has 0 atom stereocenters. The third-order valence-corrected chi connectivity index (χ3v) is 2.74. The molecule has 0 radical (unpaired) electrons. The summed E-state index contributed by atoms with van der Waals surface area (Å²) in [6.45, 7) is 0.0365. The van der Waals surface area contributed by atoms with E-state index in [2.05, 4.69) is 22.0 Å². The van der Waals surface area contributed by atoms with E-state index in [1.54, 1.807) is 12.1 Å². The van der Waals surface area contributed by atoms with Crippen LogP contribution in [0.1, 0.15) is 25.3 Å². The molecule has 0 spiro atoms. The number of hydrogen-bond donors (Lipinski definition) is 2. The molecular formula is C14H22F2IN3O2. The van der Waals surface area contributed by atoms with Crippen LogP contribution in [0.15, 0.2) is 23.2 Å². The number of guanidine groups is 1. The zero-order valence-corrected chi connectivity index (χ0v) is 15.0. The summed E-state index contributed by atoms with van der Waals surface area (Å²) in [5.74, 6) is 0.879. The Balaban J connectivity index is 0.00000441. The van der Waals surface area contributed by atoms with Crippen LogP contribution in [0.4, 0.5) is 8.78 Å². The molecule has 0 heterocycles. The molecule has 0 aliphatic heterocycles. The third kappa shape index (κ3) is 7.62. The Hall–Kier alpha value is -1.32. The van der Waals surface area contributed by atoms with Crippen LogP contribution < -0.4 is 20.5 Å². The van der Waals surface area contributed by atoms with E-state index in [1.165, 1.54) is 13.2 Å². The lowest BCUT2D eigenvalue weighted by atomic mass is 10.2. The van der Waals surface area contributed by atoms with Crippen LogP contribution in [0, 0.1) is 0 Å². The molecule has 5 nitrogen and oxygen atoms in total. The first-order chi connectivity index (χ1) is 10.1. The molecule has 0 saturated carbocycles. The van der Waals surface area contributed by atoms with Crippen molar-refractivity contribution in [1.29, 1.82) is 0 Å². The van der Waals surface area contributed by atoms with Gasteiger partial charge >= 0.3 is 6.61 Å². The van der Waals surface area contributed by atoms with Crippen LogP contribution in [-0.4, -0.2) is 26.2 Å². The second-order valence-electron chi connectivity index (χ2n) is 4.33. The number of benzene rings is 1. The van der Waals surface area contributed by atoms with Crippen LogP contribution in [0.3, 0.4) is 0 Å². The van der Waals surface area contributed by atoms with Gasteiger partial charge in [0.15, 0.2) is 5.96 Å². The molecule has 0 saturated heterocycles. The maximum absolute atomic E-state index is 12.4. The number of nitrogens with two attached hydrogens (primary N) is 1. The van der Waals surface area contributed by atoms with Gasteiger partial charge in [0.1, 0.15) is 11.5 Å². The smallest absolute Gasteiger partial charge is 0.387 e. The van der Waals surface area contributed by atoms with E-state index >= 15 is 0 Å². The van der Waals surface area contributed by atoms with Gasteiger partial charge in [-0.05, 0) is 24.6 Å². The van der Waals surface area contributed by atoms with Gasteiger partial charge in [0.2, 0.25) is 0 Å². The number of halogens is 3. The minimum absolute atomic E-state index is 0. The quantitative estimate of drug-likeness (QED) is 0.289.